The molecule has 0 aromatic heterocycles. The molecule has 1 heterocycles. The Labute approximate surface area is 110 Å². The average Bonchev–Trinajstić information content (AvgIpc) is 2.42. The molecule has 0 spiro atoms. The molecule has 0 aliphatic carbocycles. The zero-order chi connectivity index (χ0) is 13.4. The summed E-state index contributed by atoms with van der Waals surface area (Å²) in [7, 11) is 3.68. The Morgan fingerprint density at radius 3 is 2.67 bits per heavy atom. The zero-order valence-electron chi connectivity index (χ0n) is 11.9. The average molecular weight is 257 g/mol. The molecule has 5 heteroatoms. The van der Waals surface area contributed by atoms with Crippen LogP contribution in [-0.2, 0) is 9.53 Å². The fourth-order valence-corrected chi connectivity index (χ4v) is 2.32. The number of carbonyl (C=O) groups is 1. The highest BCUT2D eigenvalue weighted by Crippen LogP contribution is 2.12. The van der Waals surface area contributed by atoms with Crippen LogP contribution in [0.15, 0.2) is 0 Å². The molecular weight excluding hydrogens is 230 g/mol. The van der Waals surface area contributed by atoms with E-state index < -0.39 is 0 Å². The van der Waals surface area contributed by atoms with E-state index in [0.717, 1.165) is 32.4 Å². The van der Waals surface area contributed by atoms with E-state index in [0.29, 0.717) is 19.2 Å². The SMILES string of the molecule is CNC1CCN(C(C)C(=O)NCCCOC)CC1. The van der Waals surface area contributed by atoms with Gasteiger partial charge in [-0.1, -0.05) is 0 Å². The summed E-state index contributed by atoms with van der Waals surface area (Å²) in [6.45, 7) is 5.38. The summed E-state index contributed by atoms with van der Waals surface area (Å²) in [5.74, 6) is 0.133. The summed E-state index contributed by atoms with van der Waals surface area (Å²) >= 11 is 0. The van der Waals surface area contributed by atoms with Crippen molar-refractivity contribution in [3.05, 3.63) is 0 Å². The Morgan fingerprint density at radius 2 is 2.11 bits per heavy atom. The number of hydrogen-bond donors (Lipinski definition) is 2. The van der Waals surface area contributed by atoms with Crippen molar-refractivity contribution in [2.75, 3.05) is 40.4 Å². The van der Waals surface area contributed by atoms with Gasteiger partial charge in [-0.3, -0.25) is 9.69 Å². The molecule has 18 heavy (non-hydrogen) atoms. The smallest absolute Gasteiger partial charge is 0.237 e. The van der Waals surface area contributed by atoms with Gasteiger partial charge in [-0.15, -0.1) is 0 Å². The van der Waals surface area contributed by atoms with Gasteiger partial charge in [0, 0.05) is 39.4 Å². The van der Waals surface area contributed by atoms with E-state index in [1.807, 2.05) is 14.0 Å². The lowest BCUT2D eigenvalue weighted by atomic mass is 10.0. The van der Waals surface area contributed by atoms with E-state index in [4.69, 9.17) is 4.74 Å². The second-order valence-electron chi connectivity index (χ2n) is 4.91. The third kappa shape index (κ3) is 4.92. The summed E-state index contributed by atoms with van der Waals surface area (Å²) in [5.41, 5.74) is 0. The third-order valence-electron chi connectivity index (χ3n) is 3.69. The number of nitrogens with zero attached hydrogens (tertiary/aromatic N) is 1. The molecule has 0 bridgehead atoms. The molecule has 2 N–H and O–H groups in total. The summed E-state index contributed by atoms with van der Waals surface area (Å²) < 4.78 is 4.96. The van der Waals surface area contributed by atoms with Crippen molar-refractivity contribution < 1.29 is 9.53 Å². The molecule has 1 fully saturated rings. The number of ether oxygens (including phenoxy) is 1. The predicted octanol–water partition coefficient (Wildman–Crippen LogP) is 0.211. The Morgan fingerprint density at radius 1 is 1.44 bits per heavy atom. The van der Waals surface area contributed by atoms with Gasteiger partial charge in [0.15, 0.2) is 0 Å². The fraction of sp³-hybridized carbons (Fsp3) is 0.923. The summed E-state index contributed by atoms with van der Waals surface area (Å²) in [5, 5.41) is 6.26. The quantitative estimate of drug-likeness (QED) is 0.640. The minimum Gasteiger partial charge on any atom is -0.385 e. The number of piperidine rings is 1. The number of carbonyl (C=O) groups excluding carboxylic acids is 1. The molecule has 5 nitrogen and oxygen atoms in total. The molecule has 1 aliphatic rings. The number of hydrogen-bond acceptors (Lipinski definition) is 4. The van der Waals surface area contributed by atoms with Gasteiger partial charge in [-0.2, -0.15) is 0 Å². The molecule has 1 aliphatic heterocycles. The molecule has 0 saturated carbocycles. The molecule has 1 unspecified atom stereocenters. The van der Waals surface area contributed by atoms with Crippen LogP contribution in [0.25, 0.3) is 0 Å². The highest BCUT2D eigenvalue weighted by molar-refractivity contribution is 5.81. The van der Waals surface area contributed by atoms with E-state index in [1.165, 1.54) is 0 Å². The highest BCUT2D eigenvalue weighted by Gasteiger charge is 2.25. The van der Waals surface area contributed by atoms with E-state index in [2.05, 4.69) is 15.5 Å². The lowest BCUT2D eigenvalue weighted by Crippen LogP contribution is -2.50. The summed E-state index contributed by atoms with van der Waals surface area (Å²) in [6.07, 6.45) is 3.12. The molecule has 0 aromatic rings. The van der Waals surface area contributed by atoms with Crippen LogP contribution >= 0.6 is 0 Å². The van der Waals surface area contributed by atoms with Crippen LogP contribution in [0.2, 0.25) is 0 Å². The standard InChI is InChI=1S/C13H27N3O2/c1-11(13(17)15-7-4-10-18-3)16-8-5-12(14-2)6-9-16/h11-12,14H,4-10H2,1-3H3,(H,15,17). The van der Waals surface area contributed by atoms with Gasteiger partial charge in [0.05, 0.1) is 6.04 Å². The predicted molar refractivity (Wildman–Crippen MR) is 72.6 cm³/mol. The maximum absolute atomic E-state index is 11.9. The van der Waals surface area contributed by atoms with Crippen molar-refractivity contribution in [1.29, 1.82) is 0 Å². The van der Waals surface area contributed by atoms with Gasteiger partial charge in [0.2, 0.25) is 5.91 Å². The van der Waals surface area contributed by atoms with Crippen LogP contribution in [0, 0.1) is 0 Å². The monoisotopic (exact) mass is 257 g/mol. The lowest BCUT2D eigenvalue weighted by molar-refractivity contribution is -0.126. The molecule has 1 rings (SSSR count). The maximum atomic E-state index is 11.9. The van der Waals surface area contributed by atoms with Crippen LogP contribution in [0.3, 0.4) is 0 Å². The van der Waals surface area contributed by atoms with Crippen LogP contribution in [0.4, 0.5) is 0 Å². The fourth-order valence-electron chi connectivity index (χ4n) is 2.32. The molecular formula is C13H27N3O2. The molecule has 0 aromatic carbocycles. The van der Waals surface area contributed by atoms with Gasteiger partial charge in [-0.25, -0.2) is 0 Å². The Balaban J connectivity index is 2.22. The second kappa shape index (κ2) is 8.45. The molecule has 1 saturated heterocycles. The van der Waals surface area contributed by atoms with Gasteiger partial charge < -0.3 is 15.4 Å². The van der Waals surface area contributed by atoms with Crippen molar-refractivity contribution >= 4 is 5.91 Å². The van der Waals surface area contributed by atoms with Gasteiger partial charge >= 0.3 is 0 Å². The molecule has 0 radical (unpaired) electrons. The molecule has 1 amide bonds. The summed E-state index contributed by atoms with van der Waals surface area (Å²) in [6, 6.07) is 0.587. The number of rotatable bonds is 7. The van der Waals surface area contributed by atoms with E-state index in [1.54, 1.807) is 7.11 Å². The normalized spacial score (nSPS) is 19.7. The minimum absolute atomic E-state index is 0.0228. The number of nitrogens with one attached hydrogen (secondary N) is 2. The Kier molecular flexibility index (Phi) is 7.23. The maximum Gasteiger partial charge on any atom is 0.237 e. The van der Waals surface area contributed by atoms with Gasteiger partial charge in [-0.05, 0) is 33.2 Å². The first-order chi connectivity index (χ1) is 8.69. The van der Waals surface area contributed by atoms with Gasteiger partial charge in [0.25, 0.3) is 0 Å². The van der Waals surface area contributed by atoms with Crippen molar-refractivity contribution in [2.24, 2.45) is 0 Å². The minimum atomic E-state index is -0.0228. The summed E-state index contributed by atoms with van der Waals surface area (Å²) in [4.78, 5) is 14.2. The van der Waals surface area contributed by atoms with Crippen molar-refractivity contribution in [3.8, 4) is 0 Å². The zero-order valence-corrected chi connectivity index (χ0v) is 11.9. The third-order valence-corrected chi connectivity index (χ3v) is 3.69. The number of likely N-dealkylation sites (tertiary alicyclic amines) is 1. The molecule has 1 atom stereocenters. The topological polar surface area (TPSA) is 53.6 Å². The Bertz CT molecular complexity index is 240. The van der Waals surface area contributed by atoms with E-state index in [-0.39, 0.29) is 11.9 Å². The first kappa shape index (κ1) is 15.4. The number of amides is 1. The largest absolute Gasteiger partial charge is 0.385 e. The van der Waals surface area contributed by atoms with Crippen molar-refractivity contribution in [3.63, 3.8) is 0 Å². The van der Waals surface area contributed by atoms with Gasteiger partial charge in [0.1, 0.15) is 0 Å². The van der Waals surface area contributed by atoms with Crippen LogP contribution < -0.4 is 10.6 Å². The second-order valence-corrected chi connectivity index (χ2v) is 4.91. The lowest BCUT2D eigenvalue weighted by Gasteiger charge is -2.35. The Hall–Kier alpha value is -0.650. The highest BCUT2D eigenvalue weighted by atomic mass is 16.5. The van der Waals surface area contributed by atoms with Crippen LogP contribution in [-0.4, -0.2) is 63.3 Å². The van der Waals surface area contributed by atoms with E-state index >= 15 is 0 Å². The van der Waals surface area contributed by atoms with E-state index in [9.17, 15) is 4.79 Å². The first-order valence-corrected chi connectivity index (χ1v) is 6.87. The van der Waals surface area contributed by atoms with Crippen LogP contribution in [0.1, 0.15) is 26.2 Å². The van der Waals surface area contributed by atoms with Crippen molar-refractivity contribution in [2.45, 2.75) is 38.3 Å². The van der Waals surface area contributed by atoms with Crippen molar-refractivity contribution in [1.82, 2.24) is 15.5 Å². The molecule has 106 valence electrons. The number of methoxy groups -OCH3 is 1. The first-order valence-electron chi connectivity index (χ1n) is 6.87. The van der Waals surface area contributed by atoms with Crippen LogP contribution in [0.5, 0.6) is 0 Å².